The lowest BCUT2D eigenvalue weighted by Gasteiger charge is -2.06. The van der Waals surface area contributed by atoms with Crippen LogP contribution in [0.15, 0.2) is 5.38 Å². The average molecular weight is 300 g/mol. The van der Waals surface area contributed by atoms with Crippen LogP contribution < -0.4 is 16.0 Å². The van der Waals surface area contributed by atoms with Gasteiger partial charge >= 0.3 is 12.0 Å². The molecule has 0 aromatic carbocycles. The molecular formula is C11H16N4O4S. The third-order valence-corrected chi connectivity index (χ3v) is 3.22. The summed E-state index contributed by atoms with van der Waals surface area (Å²) in [6.07, 6.45) is 0.680. The van der Waals surface area contributed by atoms with E-state index >= 15 is 0 Å². The minimum Gasteiger partial charge on any atom is -0.476 e. The molecule has 3 amide bonds. The maximum absolute atomic E-state index is 11.4. The number of hydrogen-bond donors (Lipinski definition) is 4. The summed E-state index contributed by atoms with van der Waals surface area (Å²) >= 11 is 1.24. The average Bonchev–Trinajstić information content (AvgIpc) is 2.87. The molecule has 110 valence electrons. The van der Waals surface area contributed by atoms with E-state index < -0.39 is 5.97 Å². The van der Waals surface area contributed by atoms with Crippen LogP contribution in [0.25, 0.3) is 0 Å². The molecule has 1 rings (SSSR count). The quantitative estimate of drug-likeness (QED) is 0.556. The van der Waals surface area contributed by atoms with Crippen LogP contribution in [-0.2, 0) is 11.2 Å². The molecule has 0 bridgehead atoms. The van der Waals surface area contributed by atoms with E-state index in [2.05, 4.69) is 20.9 Å². The highest BCUT2D eigenvalue weighted by atomic mass is 32.1. The molecule has 0 fully saturated rings. The Morgan fingerprint density at radius 3 is 2.60 bits per heavy atom. The number of carbonyl (C=O) groups excluding carboxylic acids is 2. The molecule has 0 unspecified atom stereocenters. The Balaban J connectivity index is 2.18. The number of carbonyl (C=O) groups is 3. The first-order chi connectivity index (χ1) is 9.52. The third-order valence-electron chi connectivity index (χ3n) is 2.31. The van der Waals surface area contributed by atoms with Gasteiger partial charge < -0.3 is 21.1 Å². The number of nitrogens with one attached hydrogen (secondary N) is 3. The molecule has 0 aliphatic heterocycles. The molecule has 0 radical (unpaired) electrons. The summed E-state index contributed by atoms with van der Waals surface area (Å²) in [6, 6.07) is -0.371. The lowest BCUT2D eigenvalue weighted by Crippen LogP contribution is -2.38. The van der Waals surface area contributed by atoms with E-state index in [0.29, 0.717) is 18.0 Å². The first kappa shape index (κ1) is 15.9. The van der Waals surface area contributed by atoms with Crippen molar-refractivity contribution in [2.24, 2.45) is 0 Å². The van der Waals surface area contributed by atoms with Crippen LogP contribution in [0.4, 0.5) is 4.79 Å². The number of thiazole rings is 1. The molecule has 4 N–H and O–H groups in total. The van der Waals surface area contributed by atoms with Gasteiger partial charge in [0, 0.05) is 38.4 Å². The number of amides is 3. The van der Waals surface area contributed by atoms with Gasteiger partial charge in [-0.05, 0) is 0 Å². The number of aromatic carboxylic acids is 1. The molecule has 9 heteroatoms. The predicted octanol–water partition coefficient (Wildman–Crippen LogP) is -0.181. The van der Waals surface area contributed by atoms with Crippen LogP contribution in [-0.4, -0.2) is 48.1 Å². The summed E-state index contributed by atoms with van der Waals surface area (Å²) < 4.78 is 0. The summed E-state index contributed by atoms with van der Waals surface area (Å²) in [4.78, 5) is 36.8. The van der Waals surface area contributed by atoms with Gasteiger partial charge in [-0.2, -0.15) is 0 Å². The van der Waals surface area contributed by atoms with E-state index in [0.717, 1.165) is 0 Å². The fourth-order valence-electron chi connectivity index (χ4n) is 1.28. The molecule has 0 aliphatic carbocycles. The molecule has 1 heterocycles. The van der Waals surface area contributed by atoms with Gasteiger partial charge in [-0.25, -0.2) is 14.6 Å². The summed E-state index contributed by atoms with van der Waals surface area (Å²) in [5.74, 6) is -1.21. The first-order valence-corrected chi connectivity index (χ1v) is 6.81. The molecular weight excluding hydrogens is 284 g/mol. The van der Waals surface area contributed by atoms with Crippen molar-refractivity contribution in [1.82, 2.24) is 20.9 Å². The van der Waals surface area contributed by atoms with Gasteiger partial charge in [-0.3, -0.25) is 4.79 Å². The molecule has 1 aromatic rings. The number of carboxylic acid groups (broad SMARTS) is 1. The lowest BCUT2D eigenvalue weighted by molar-refractivity contribution is -0.120. The van der Waals surface area contributed by atoms with Gasteiger partial charge in [0.1, 0.15) is 0 Å². The van der Waals surface area contributed by atoms with E-state index in [1.807, 2.05) is 0 Å². The van der Waals surface area contributed by atoms with Crippen molar-refractivity contribution in [1.29, 1.82) is 0 Å². The van der Waals surface area contributed by atoms with E-state index in [-0.39, 0.29) is 30.6 Å². The Morgan fingerprint density at radius 2 is 2.00 bits per heavy atom. The van der Waals surface area contributed by atoms with Gasteiger partial charge in [0.2, 0.25) is 5.91 Å². The Morgan fingerprint density at radius 1 is 1.30 bits per heavy atom. The molecule has 0 aliphatic rings. The standard InChI is InChI=1S/C11H16N4O4S/c1-12-8(16)2-4-13-11(19)14-5-3-9-15-7(6-20-9)10(17)18/h6H,2-5H2,1H3,(H,12,16)(H,17,18)(H2,13,14,19). The summed E-state index contributed by atoms with van der Waals surface area (Å²) in [6.45, 7) is 0.601. The van der Waals surface area contributed by atoms with Crippen molar-refractivity contribution in [3.05, 3.63) is 16.1 Å². The van der Waals surface area contributed by atoms with Crippen LogP contribution in [0, 0.1) is 0 Å². The van der Waals surface area contributed by atoms with Gasteiger partial charge in [0.05, 0.1) is 5.01 Å². The van der Waals surface area contributed by atoms with Crippen molar-refractivity contribution in [3.8, 4) is 0 Å². The molecule has 20 heavy (non-hydrogen) atoms. The fourth-order valence-corrected chi connectivity index (χ4v) is 2.06. The van der Waals surface area contributed by atoms with E-state index in [1.165, 1.54) is 23.8 Å². The van der Waals surface area contributed by atoms with Crippen molar-refractivity contribution in [2.45, 2.75) is 12.8 Å². The van der Waals surface area contributed by atoms with Crippen LogP contribution in [0.2, 0.25) is 0 Å². The second-order valence-electron chi connectivity index (χ2n) is 3.79. The second-order valence-corrected chi connectivity index (χ2v) is 4.73. The Bertz CT molecular complexity index is 489. The number of rotatable bonds is 7. The monoisotopic (exact) mass is 300 g/mol. The topological polar surface area (TPSA) is 120 Å². The first-order valence-electron chi connectivity index (χ1n) is 5.93. The van der Waals surface area contributed by atoms with Gasteiger partial charge in [0.25, 0.3) is 0 Å². The predicted molar refractivity (Wildman–Crippen MR) is 72.9 cm³/mol. The lowest BCUT2D eigenvalue weighted by atomic mass is 10.4. The van der Waals surface area contributed by atoms with Gasteiger partial charge in [-0.15, -0.1) is 11.3 Å². The summed E-state index contributed by atoms with van der Waals surface area (Å²) in [7, 11) is 1.53. The number of hydrogen-bond acceptors (Lipinski definition) is 5. The molecule has 0 saturated carbocycles. The number of nitrogens with zero attached hydrogens (tertiary/aromatic N) is 1. The minimum absolute atomic E-state index is 0.0139. The highest BCUT2D eigenvalue weighted by Gasteiger charge is 2.08. The van der Waals surface area contributed by atoms with E-state index in [4.69, 9.17) is 5.11 Å². The van der Waals surface area contributed by atoms with Crippen molar-refractivity contribution in [2.75, 3.05) is 20.1 Å². The smallest absolute Gasteiger partial charge is 0.355 e. The van der Waals surface area contributed by atoms with E-state index in [9.17, 15) is 14.4 Å². The number of urea groups is 1. The van der Waals surface area contributed by atoms with Crippen LogP contribution in [0.3, 0.4) is 0 Å². The highest BCUT2D eigenvalue weighted by molar-refractivity contribution is 7.09. The van der Waals surface area contributed by atoms with Crippen molar-refractivity contribution in [3.63, 3.8) is 0 Å². The van der Waals surface area contributed by atoms with Crippen LogP contribution in [0.5, 0.6) is 0 Å². The maximum Gasteiger partial charge on any atom is 0.355 e. The van der Waals surface area contributed by atoms with Crippen LogP contribution in [0.1, 0.15) is 21.9 Å². The SMILES string of the molecule is CNC(=O)CCNC(=O)NCCc1nc(C(=O)O)cs1. The van der Waals surface area contributed by atoms with Crippen molar-refractivity contribution >= 4 is 29.2 Å². The second kappa shape index (κ2) is 8.10. The third kappa shape index (κ3) is 5.65. The molecule has 0 spiro atoms. The van der Waals surface area contributed by atoms with Crippen molar-refractivity contribution < 1.29 is 19.5 Å². The van der Waals surface area contributed by atoms with Gasteiger partial charge in [0.15, 0.2) is 5.69 Å². The Kier molecular flexibility index (Phi) is 6.44. The Hall–Kier alpha value is -2.16. The minimum atomic E-state index is -1.06. The molecule has 8 nitrogen and oxygen atoms in total. The molecule has 0 saturated heterocycles. The molecule has 0 atom stereocenters. The number of aromatic nitrogens is 1. The van der Waals surface area contributed by atoms with Crippen LogP contribution >= 0.6 is 11.3 Å². The molecule has 1 aromatic heterocycles. The summed E-state index contributed by atoms with van der Waals surface area (Å²) in [5.41, 5.74) is 0.0139. The zero-order valence-corrected chi connectivity index (χ0v) is 11.7. The highest BCUT2D eigenvalue weighted by Crippen LogP contribution is 2.09. The zero-order valence-electron chi connectivity index (χ0n) is 10.9. The normalized spacial score (nSPS) is 9.85. The largest absolute Gasteiger partial charge is 0.476 e. The number of carboxylic acids is 1. The maximum atomic E-state index is 11.4. The Labute approximate surface area is 119 Å². The summed E-state index contributed by atoms with van der Waals surface area (Å²) in [5, 5.41) is 18.4. The zero-order chi connectivity index (χ0) is 15.0. The fraction of sp³-hybridized carbons (Fsp3) is 0.455. The van der Waals surface area contributed by atoms with Gasteiger partial charge in [-0.1, -0.05) is 0 Å². The van der Waals surface area contributed by atoms with E-state index in [1.54, 1.807) is 0 Å².